The molecule has 1 saturated heterocycles. The van der Waals surface area contributed by atoms with E-state index in [1.807, 2.05) is 18.2 Å². The third-order valence-corrected chi connectivity index (χ3v) is 3.77. The molecular weight excluding hydrogens is 256 g/mol. The number of carbonyl (C=O) groups is 1. The van der Waals surface area contributed by atoms with E-state index in [4.69, 9.17) is 4.74 Å². The first kappa shape index (κ1) is 13.4. The van der Waals surface area contributed by atoms with Crippen LogP contribution in [0.4, 0.5) is 11.4 Å². The second kappa shape index (κ2) is 4.46. The number of nitrogens with zero attached hydrogens (tertiary/aromatic N) is 1. The fourth-order valence-corrected chi connectivity index (χ4v) is 3.08. The van der Waals surface area contributed by atoms with Crippen LogP contribution in [0.5, 0.6) is 0 Å². The van der Waals surface area contributed by atoms with Crippen LogP contribution in [0.3, 0.4) is 0 Å². The summed E-state index contributed by atoms with van der Waals surface area (Å²) in [6.45, 7) is 7.83. The molecule has 2 unspecified atom stereocenters. The molecular formula is C15H20N2O3. The first-order valence-electron chi connectivity index (χ1n) is 6.91. The number of hydrogen-bond acceptors (Lipinski definition) is 4. The lowest BCUT2D eigenvalue weighted by Gasteiger charge is -2.43. The lowest BCUT2D eigenvalue weighted by atomic mass is 10.0. The van der Waals surface area contributed by atoms with Gasteiger partial charge in [0, 0.05) is 30.0 Å². The number of nitrogens with one attached hydrogen (secondary N) is 1. The molecule has 2 atom stereocenters. The van der Waals surface area contributed by atoms with Crippen LogP contribution in [0, 0.1) is 0 Å². The monoisotopic (exact) mass is 276 g/mol. The van der Waals surface area contributed by atoms with Gasteiger partial charge in [-0.25, -0.2) is 0 Å². The Labute approximate surface area is 118 Å². The van der Waals surface area contributed by atoms with Crippen LogP contribution in [0.2, 0.25) is 0 Å². The van der Waals surface area contributed by atoms with Crippen LogP contribution in [0.25, 0.3) is 0 Å². The van der Waals surface area contributed by atoms with E-state index in [2.05, 4.69) is 31.0 Å². The van der Waals surface area contributed by atoms with Crippen molar-refractivity contribution in [2.45, 2.75) is 38.6 Å². The van der Waals surface area contributed by atoms with Crippen molar-refractivity contribution in [1.29, 1.82) is 0 Å². The van der Waals surface area contributed by atoms with E-state index < -0.39 is 6.10 Å². The molecule has 108 valence electrons. The molecule has 0 aromatic heterocycles. The SMILES string of the molecule is CC1CN(c2ccc3c(c2)NC(=O)C3O)CC(C)(C)O1. The van der Waals surface area contributed by atoms with Gasteiger partial charge in [-0.1, -0.05) is 6.07 Å². The Kier molecular flexibility index (Phi) is 2.99. The second-order valence-corrected chi connectivity index (χ2v) is 6.23. The van der Waals surface area contributed by atoms with Crippen molar-refractivity contribution in [2.24, 2.45) is 0 Å². The first-order valence-corrected chi connectivity index (χ1v) is 6.91. The Hall–Kier alpha value is -1.59. The van der Waals surface area contributed by atoms with Gasteiger partial charge in [-0.05, 0) is 32.9 Å². The van der Waals surface area contributed by atoms with E-state index in [1.165, 1.54) is 0 Å². The normalized spacial score (nSPS) is 28.2. The molecule has 1 amide bonds. The Balaban J connectivity index is 1.89. The number of rotatable bonds is 1. The number of amides is 1. The lowest BCUT2D eigenvalue weighted by molar-refractivity contribution is -0.123. The molecule has 0 saturated carbocycles. The topological polar surface area (TPSA) is 61.8 Å². The molecule has 2 aliphatic rings. The predicted molar refractivity (Wildman–Crippen MR) is 76.9 cm³/mol. The third kappa shape index (κ3) is 2.27. The van der Waals surface area contributed by atoms with Crippen molar-refractivity contribution >= 4 is 17.3 Å². The summed E-state index contributed by atoms with van der Waals surface area (Å²) in [6.07, 6.45) is -0.883. The van der Waals surface area contributed by atoms with E-state index in [0.717, 1.165) is 18.8 Å². The van der Waals surface area contributed by atoms with Gasteiger partial charge in [0.05, 0.1) is 11.7 Å². The number of anilines is 2. The van der Waals surface area contributed by atoms with Crippen LogP contribution in [0.15, 0.2) is 18.2 Å². The van der Waals surface area contributed by atoms with Crippen LogP contribution >= 0.6 is 0 Å². The van der Waals surface area contributed by atoms with Crippen LogP contribution in [-0.4, -0.2) is 35.8 Å². The number of aliphatic hydroxyl groups is 1. The number of morpholine rings is 1. The van der Waals surface area contributed by atoms with E-state index in [-0.39, 0.29) is 17.6 Å². The summed E-state index contributed by atoms with van der Waals surface area (Å²) < 4.78 is 5.90. The number of ether oxygens (including phenoxy) is 1. The maximum Gasteiger partial charge on any atom is 0.257 e. The maximum atomic E-state index is 11.5. The predicted octanol–water partition coefficient (Wildman–Crippen LogP) is 1.68. The smallest absolute Gasteiger partial charge is 0.257 e. The fraction of sp³-hybridized carbons (Fsp3) is 0.533. The Morgan fingerprint density at radius 2 is 2.20 bits per heavy atom. The Bertz CT molecular complexity index is 556. The zero-order valence-electron chi connectivity index (χ0n) is 12.0. The van der Waals surface area contributed by atoms with Gasteiger partial charge < -0.3 is 20.1 Å². The fourth-order valence-electron chi connectivity index (χ4n) is 3.08. The number of aliphatic hydroxyl groups excluding tert-OH is 1. The van der Waals surface area contributed by atoms with Gasteiger partial charge in [-0.15, -0.1) is 0 Å². The van der Waals surface area contributed by atoms with Gasteiger partial charge in [0.15, 0.2) is 6.10 Å². The highest BCUT2D eigenvalue weighted by Crippen LogP contribution is 2.35. The molecule has 1 aromatic carbocycles. The van der Waals surface area contributed by atoms with Crippen molar-refractivity contribution in [3.8, 4) is 0 Å². The van der Waals surface area contributed by atoms with Crippen LogP contribution < -0.4 is 10.2 Å². The molecule has 1 aromatic rings. The third-order valence-electron chi connectivity index (χ3n) is 3.77. The summed E-state index contributed by atoms with van der Waals surface area (Å²) in [6, 6.07) is 5.70. The molecule has 0 radical (unpaired) electrons. The average Bonchev–Trinajstić information content (AvgIpc) is 2.62. The molecule has 5 heteroatoms. The number of carbonyl (C=O) groups excluding carboxylic acids is 1. The van der Waals surface area contributed by atoms with Crippen molar-refractivity contribution in [3.63, 3.8) is 0 Å². The highest BCUT2D eigenvalue weighted by Gasteiger charge is 2.33. The first-order chi connectivity index (χ1) is 9.35. The zero-order chi connectivity index (χ0) is 14.5. The van der Waals surface area contributed by atoms with Crippen molar-refractivity contribution < 1.29 is 14.6 Å². The summed E-state index contributed by atoms with van der Waals surface area (Å²) in [5.74, 6) is -0.354. The maximum absolute atomic E-state index is 11.5. The molecule has 0 spiro atoms. The quantitative estimate of drug-likeness (QED) is 0.819. The highest BCUT2D eigenvalue weighted by atomic mass is 16.5. The molecule has 2 aliphatic heterocycles. The van der Waals surface area contributed by atoms with E-state index in [0.29, 0.717) is 11.3 Å². The van der Waals surface area contributed by atoms with Crippen molar-refractivity contribution in [3.05, 3.63) is 23.8 Å². The summed E-state index contributed by atoms with van der Waals surface area (Å²) in [5.41, 5.74) is 2.21. The number of fused-ring (bicyclic) bond motifs is 1. The standard InChI is InChI=1S/C15H20N2O3/c1-9-7-17(8-15(2,3)20-9)10-4-5-11-12(6-10)16-14(19)13(11)18/h4-6,9,13,18H,7-8H2,1-3H3,(H,16,19). The van der Waals surface area contributed by atoms with E-state index in [9.17, 15) is 9.90 Å². The molecule has 0 aliphatic carbocycles. The van der Waals surface area contributed by atoms with Gasteiger partial charge >= 0.3 is 0 Å². The minimum absolute atomic E-state index is 0.159. The van der Waals surface area contributed by atoms with Crippen molar-refractivity contribution in [2.75, 3.05) is 23.3 Å². The summed E-state index contributed by atoms with van der Waals surface area (Å²) in [5, 5.41) is 12.4. The zero-order valence-corrected chi connectivity index (χ0v) is 12.0. The molecule has 1 fully saturated rings. The minimum Gasteiger partial charge on any atom is -0.378 e. The Morgan fingerprint density at radius 1 is 1.45 bits per heavy atom. The van der Waals surface area contributed by atoms with E-state index in [1.54, 1.807) is 0 Å². The lowest BCUT2D eigenvalue weighted by Crippen LogP contribution is -2.52. The number of benzene rings is 1. The molecule has 0 bridgehead atoms. The van der Waals surface area contributed by atoms with Gasteiger partial charge in [0.25, 0.3) is 5.91 Å². The minimum atomic E-state index is -1.04. The van der Waals surface area contributed by atoms with E-state index >= 15 is 0 Å². The molecule has 2 heterocycles. The van der Waals surface area contributed by atoms with Gasteiger partial charge in [-0.3, -0.25) is 4.79 Å². The summed E-state index contributed by atoms with van der Waals surface area (Å²) in [7, 11) is 0. The van der Waals surface area contributed by atoms with Gasteiger partial charge in [0.1, 0.15) is 0 Å². The average molecular weight is 276 g/mol. The van der Waals surface area contributed by atoms with Crippen molar-refractivity contribution in [1.82, 2.24) is 0 Å². The molecule has 20 heavy (non-hydrogen) atoms. The largest absolute Gasteiger partial charge is 0.378 e. The number of hydrogen-bond donors (Lipinski definition) is 2. The molecule has 5 nitrogen and oxygen atoms in total. The van der Waals surface area contributed by atoms with Gasteiger partial charge in [0.2, 0.25) is 0 Å². The highest BCUT2D eigenvalue weighted by molar-refractivity contribution is 6.02. The summed E-state index contributed by atoms with van der Waals surface area (Å²) in [4.78, 5) is 13.7. The Morgan fingerprint density at radius 3 is 2.90 bits per heavy atom. The molecule has 2 N–H and O–H groups in total. The van der Waals surface area contributed by atoms with Crippen LogP contribution in [-0.2, 0) is 9.53 Å². The van der Waals surface area contributed by atoms with Gasteiger partial charge in [-0.2, -0.15) is 0 Å². The molecule has 3 rings (SSSR count). The second-order valence-electron chi connectivity index (χ2n) is 6.23. The van der Waals surface area contributed by atoms with Crippen LogP contribution in [0.1, 0.15) is 32.4 Å². The summed E-state index contributed by atoms with van der Waals surface area (Å²) >= 11 is 0.